The number of rotatable bonds is 1. The van der Waals surface area contributed by atoms with Gasteiger partial charge in [-0.3, -0.25) is 4.98 Å². The summed E-state index contributed by atoms with van der Waals surface area (Å²) < 4.78 is 5.96. The normalized spacial score (nSPS) is 16.7. The average molecular weight is 256 g/mol. The highest BCUT2D eigenvalue weighted by atomic mass is 16.5. The summed E-state index contributed by atoms with van der Waals surface area (Å²) in [5.41, 5.74) is 3.93. The van der Waals surface area contributed by atoms with E-state index in [4.69, 9.17) is 4.74 Å². The highest BCUT2D eigenvalue weighted by Crippen LogP contribution is 2.43. The molecule has 1 N–H and O–H groups in total. The van der Waals surface area contributed by atoms with Gasteiger partial charge in [-0.1, -0.05) is 37.6 Å². The molecule has 0 fully saturated rings. The second-order valence-corrected chi connectivity index (χ2v) is 5.30. The summed E-state index contributed by atoms with van der Waals surface area (Å²) in [5, 5.41) is 0. The third-order valence-electron chi connectivity index (χ3n) is 3.43. The lowest BCUT2D eigenvalue weighted by Crippen LogP contribution is -2.23. The molecule has 4 heteroatoms. The van der Waals surface area contributed by atoms with Crippen molar-refractivity contribution in [2.45, 2.75) is 26.9 Å². The lowest BCUT2D eigenvalue weighted by molar-refractivity contribution is 0.143. The Bertz CT molecular complexity index is 689. The third-order valence-corrected chi connectivity index (χ3v) is 3.43. The predicted octanol–water partition coefficient (Wildman–Crippen LogP) is 2.83. The number of hydrogen-bond acceptors (Lipinski definition) is 3. The van der Waals surface area contributed by atoms with Gasteiger partial charge in [0.1, 0.15) is 6.10 Å². The first-order valence-electron chi connectivity index (χ1n) is 6.43. The minimum absolute atomic E-state index is 0.0413. The number of nitrogens with one attached hydrogen (secondary N) is 1. The van der Waals surface area contributed by atoms with Crippen LogP contribution in [0, 0.1) is 12.8 Å². The van der Waals surface area contributed by atoms with Crippen molar-refractivity contribution in [2.75, 3.05) is 0 Å². The molecule has 1 aliphatic heterocycles. The number of aryl methyl sites for hydroxylation is 1. The summed E-state index contributed by atoms with van der Waals surface area (Å²) in [7, 11) is 0. The first kappa shape index (κ1) is 12.0. The van der Waals surface area contributed by atoms with Gasteiger partial charge in [0.15, 0.2) is 0 Å². The number of nitrogens with zero attached hydrogens (tertiary/aromatic N) is 1. The van der Waals surface area contributed by atoms with Crippen LogP contribution in [0.4, 0.5) is 0 Å². The maximum absolute atomic E-state index is 11.3. The largest absolute Gasteiger partial charge is 0.470 e. The molecule has 0 bridgehead atoms. The van der Waals surface area contributed by atoms with Crippen LogP contribution < -0.4 is 10.4 Å². The van der Waals surface area contributed by atoms with E-state index in [2.05, 4.69) is 48.9 Å². The van der Waals surface area contributed by atoms with Crippen LogP contribution in [0.15, 0.2) is 29.2 Å². The van der Waals surface area contributed by atoms with Crippen molar-refractivity contribution in [3.05, 3.63) is 46.0 Å². The Balaban J connectivity index is 2.27. The van der Waals surface area contributed by atoms with E-state index in [1.165, 1.54) is 5.56 Å². The van der Waals surface area contributed by atoms with Crippen LogP contribution in [0.2, 0.25) is 0 Å². The minimum Gasteiger partial charge on any atom is -0.470 e. The van der Waals surface area contributed by atoms with Crippen LogP contribution in [-0.2, 0) is 0 Å². The van der Waals surface area contributed by atoms with Gasteiger partial charge in [0.25, 0.3) is 0 Å². The molecule has 0 aliphatic carbocycles. The Morgan fingerprint density at radius 3 is 2.84 bits per heavy atom. The minimum atomic E-state index is -0.378. The standard InChI is InChI=1S/C15H16N2O2/c1-8(2)13-11-6-9(3)4-5-10(11)12-7-16-15(18)17-14(12)19-13/h4-8,13H,1-3H3,(H,16,17,18)/t13-/m0/s1. The van der Waals surface area contributed by atoms with Crippen LogP contribution in [0.1, 0.15) is 31.1 Å². The highest BCUT2D eigenvalue weighted by molar-refractivity contribution is 5.73. The zero-order valence-corrected chi connectivity index (χ0v) is 11.2. The predicted molar refractivity (Wildman–Crippen MR) is 73.2 cm³/mol. The van der Waals surface area contributed by atoms with Crippen molar-refractivity contribution >= 4 is 0 Å². The fourth-order valence-electron chi connectivity index (χ4n) is 2.51. The molecule has 0 saturated carbocycles. The number of benzene rings is 1. The van der Waals surface area contributed by atoms with Gasteiger partial charge in [-0.05, 0) is 18.4 Å². The fraction of sp³-hybridized carbons (Fsp3) is 0.333. The highest BCUT2D eigenvalue weighted by Gasteiger charge is 2.29. The van der Waals surface area contributed by atoms with Crippen LogP contribution in [0.3, 0.4) is 0 Å². The Hall–Kier alpha value is -2.10. The van der Waals surface area contributed by atoms with Gasteiger partial charge in [0, 0.05) is 11.8 Å². The van der Waals surface area contributed by atoms with Crippen LogP contribution in [-0.4, -0.2) is 9.97 Å². The van der Waals surface area contributed by atoms with E-state index in [0.29, 0.717) is 11.8 Å². The molecular formula is C15H16N2O2. The second-order valence-electron chi connectivity index (χ2n) is 5.30. The lowest BCUT2D eigenvalue weighted by Gasteiger charge is -2.30. The van der Waals surface area contributed by atoms with Crippen molar-refractivity contribution in [3.8, 4) is 17.0 Å². The average Bonchev–Trinajstić information content (AvgIpc) is 2.37. The number of ether oxygens (including phenoxy) is 1. The molecule has 1 aliphatic rings. The molecule has 4 nitrogen and oxygen atoms in total. The zero-order valence-electron chi connectivity index (χ0n) is 11.2. The Morgan fingerprint density at radius 2 is 2.11 bits per heavy atom. The van der Waals surface area contributed by atoms with Gasteiger partial charge in [-0.15, -0.1) is 0 Å². The molecule has 0 saturated heterocycles. The molecule has 0 unspecified atom stereocenters. The van der Waals surface area contributed by atoms with Crippen molar-refractivity contribution in [2.24, 2.45) is 5.92 Å². The first-order chi connectivity index (χ1) is 9.06. The molecule has 19 heavy (non-hydrogen) atoms. The number of aromatic nitrogens is 2. The quantitative estimate of drug-likeness (QED) is 0.853. The summed E-state index contributed by atoms with van der Waals surface area (Å²) in [6, 6.07) is 6.28. The molecule has 0 amide bonds. The number of H-pyrrole nitrogens is 1. The van der Waals surface area contributed by atoms with Gasteiger partial charge in [-0.25, -0.2) is 9.78 Å². The summed E-state index contributed by atoms with van der Waals surface area (Å²) in [4.78, 5) is 17.8. The molecule has 0 spiro atoms. The second kappa shape index (κ2) is 4.23. The smallest absolute Gasteiger partial charge is 0.347 e. The van der Waals surface area contributed by atoms with E-state index < -0.39 is 0 Å². The molecule has 2 aromatic rings. The molecule has 1 aromatic carbocycles. The molecular weight excluding hydrogens is 240 g/mol. The molecule has 3 rings (SSSR count). The van der Waals surface area contributed by atoms with E-state index in [0.717, 1.165) is 16.7 Å². The molecule has 2 heterocycles. The van der Waals surface area contributed by atoms with Crippen molar-refractivity contribution in [1.29, 1.82) is 0 Å². The monoisotopic (exact) mass is 256 g/mol. The van der Waals surface area contributed by atoms with Gasteiger partial charge < -0.3 is 4.74 Å². The first-order valence-corrected chi connectivity index (χ1v) is 6.43. The van der Waals surface area contributed by atoms with Crippen molar-refractivity contribution in [3.63, 3.8) is 0 Å². The lowest BCUT2D eigenvalue weighted by atomic mass is 9.88. The molecule has 98 valence electrons. The van der Waals surface area contributed by atoms with E-state index >= 15 is 0 Å². The molecule has 1 atom stereocenters. The van der Waals surface area contributed by atoms with Crippen molar-refractivity contribution < 1.29 is 4.74 Å². The van der Waals surface area contributed by atoms with Gasteiger partial charge in [0.05, 0.1) is 5.56 Å². The number of aromatic amines is 1. The van der Waals surface area contributed by atoms with E-state index in [9.17, 15) is 4.79 Å². The van der Waals surface area contributed by atoms with Gasteiger partial charge in [0.2, 0.25) is 5.88 Å². The number of fused-ring (bicyclic) bond motifs is 3. The van der Waals surface area contributed by atoms with E-state index in [1.807, 2.05) is 0 Å². The maximum atomic E-state index is 11.3. The summed E-state index contributed by atoms with van der Waals surface area (Å²) >= 11 is 0. The molecule has 0 radical (unpaired) electrons. The molecule has 1 aromatic heterocycles. The van der Waals surface area contributed by atoms with E-state index in [-0.39, 0.29) is 11.8 Å². The van der Waals surface area contributed by atoms with Gasteiger partial charge in [-0.2, -0.15) is 0 Å². The van der Waals surface area contributed by atoms with Crippen molar-refractivity contribution in [1.82, 2.24) is 9.97 Å². The topological polar surface area (TPSA) is 55.0 Å². The summed E-state index contributed by atoms with van der Waals surface area (Å²) in [5.74, 6) is 0.848. The van der Waals surface area contributed by atoms with Crippen LogP contribution >= 0.6 is 0 Å². The maximum Gasteiger partial charge on any atom is 0.347 e. The zero-order chi connectivity index (χ0) is 13.6. The number of hydrogen-bond donors (Lipinski definition) is 1. The summed E-state index contributed by atoms with van der Waals surface area (Å²) in [6.45, 7) is 6.29. The Morgan fingerprint density at radius 1 is 1.32 bits per heavy atom. The Kier molecular flexibility index (Phi) is 2.66. The Labute approximate surface area is 111 Å². The fourth-order valence-corrected chi connectivity index (χ4v) is 2.51. The SMILES string of the molecule is Cc1ccc2c(c1)[C@H](C(C)C)Oc1[nH]c(=O)ncc1-2. The van der Waals surface area contributed by atoms with Gasteiger partial charge >= 0.3 is 5.69 Å². The summed E-state index contributed by atoms with van der Waals surface area (Å²) in [6.07, 6.45) is 1.54. The van der Waals surface area contributed by atoms with E-state index in [1.54, 1.807) is 6.20 Å². The van der Waals surface area contributed by atoms with Crippen LogP contribution in [0.5, 0.6) is 5.88 Å². The van der Waals surface area contributed by atoms with Crippen LogP contribution in [0.25, 0.3) is 11.1 Å². The third kappa shape index (κ3) is 1.93.